The average Bonchev–Trinajstić information content (AvgIpc) is 2.10. The van der Waals surface area contributed by atoms with Gasteiger partial charge < -0.3 is 11.1 Å². The Bertz CT molecular complexity index is 438. The van der Waals surface area contributed by atoms with Gasteiger partial charge in [-0.25, -0.2) is 14.4 Å². The van der Waals surface area contributed by atoms with Crippen LogP contribution in [0.1, 0.15) is 19.5 Å². The molecule has 0 radical (unpaired) electrons. The third-order valence-corrected chi connectivity index (χ3v) is 1.90. The Morgan fingerprint density at radius 3 is 2.60 bits per heavy atom. The Labute approximate surface area is 91.5 Å². The highest BCUT2D eigenvalue weighted by molar-refractivity contribution is 6.28. The van der Waals surface area contributed by atoms with Crippen molar-refractivity contribution in [2.45, 2.75) is 13.8 Å². The van der Waals surface area contributed by atoms with Crippen molar-refractivity contribution in [3.05, 3.63) is 28.7 Å². The molecule has 1 aromatic heterocycles. The monoisotopic (exact) mass is 228 g/mol. The van der Waals surface area contributed by atoms with Gasteiger partial charge >= 0.3 is 0 Å². The minimum atomic E-state index is -0.647. The number of nitrogens with one attached hydrogen (secondary N) is 1. The highest BCUT2D eigenvalue weighted by atomic mass is 35.5. The summed E-state index contributed by atoms with van der Waals surface area (Å²) in [4.78, 5) is 7.20. The number of allylic oxidation sites excluding steroid dienone is 2. The van der Waals surface area contributed by atoms with E-state index in [4.69, 9.17) is 22.7 Å². The first-order valence-corrected chi connectivity index (χ1v) is 4.51. The Hall–Kier alpha value is -1.49. The molecule has 1 heterocycles. The second-order valence-electron chi connectivity index (χ2n) is 3.02. The molecule has 3 N–H and O–H groups in total. The first-order valence-electron chi connectivity index (χ1n) is 4.13. The van der Waals surface area contributed by atoms with Crippen molar-refractivity contribution in [3.8, 4) is 0 Å². The van der Waals surface area contributed by atoms with Crippen molar-refractivity contribution in [1.29, 1.82) is 5.41 Å². The Morgan fingerprint density at radius 2 is 2.13 bits per heavy atom. The Balaban J connectivity index is 3.43. The van der Waals surface area contributed by atoms with Crippen molar-refractivity contribution >= 4 is 22.9 Å². The second-order valence-corrected chi connectivity index (χ2v) is 3.36. The molecular formula is C9H10ClFN4. The maximum atomic E-state index is 13.4. The predicted octanol–water partition coefficient (Wildman–Crippen LogP) is 2.00. The van der Waals surface area contributed by atoms with Gasteiger partial charge in [0.25, 0.3) is 0 Å². The molecule has 0 aromatic carbocycles. The van der Waals surface area contributed by atoms with E-state index in [2.05, 4.69) is 9.97 Å². The van der Waals surface area contributed by atoms with E-state index in [1.165, 1.54) is 6.92 Å². The van der Waals surface area contributed by atoms with Crippen LogP contribution in [0.15, 0.2) is 11.9 Å². The van der Waals surface area contributed by atoms with Gasteiger partial charge in [-0.1, -0.05) is 0 Å². The number of hydrogen-bond acceptors (Lipinski definition) is 4. The normalized spacial score (nSPS) is 12.3. The van der Waals surface area contributed by atoms with E-state index < -0.39 is 5.82 Å². The lowest BCUT2D eigenvalue weighted by Gasteiger charge is -2.08. The highest BCUT2D eigenvalue weighted by Gasteiger charge is 2.15. The lowest BCUT2D eigenvalue weighted by molar-refractivity contribution is 0.609. The van der Waals surface area contributed by atoms with Crippen LogP contribution in [0.2, 0.25) is 5.28 Å². The number of nitrogens with two attached hydrogens (primary N) is 1. The van der Waals surface area contributed by atoms with E-state index in [0.29, 0.717) is 5.70 Å². The van der Waals surface area contributed by atoms with Crippen LogP contribution in [-0.4, -0.2) is 15.7 Å². The molecule has 4 nitrogen and oxygen atoms in total. The first kappa shape index (κ1) is 11.6. The molecule has 0 saturated heterocycles. The maximum absolute atomic E-state index is 13.4. The van der Waals surface area contributed by atoms with E-state index in [9.17, 15) is 4.39 Å². The second kappa shape index (κ2) is 4.35. The molecule has 15 heavy (non-hydrogen) atoms. The zero-order chi connectivity index (χ0) is 11.6. The zero-order valence-corrected chi connectivity index (χ0v) is 9.06. The van der Waals surface area contributed by atoms with E-state index in [0.717, 1.165) is 6.20 Å². The van der Waals surface area contributed by atoms with Crippen molar-refractivity contribution in [2.24, 2.45) is 5.73 Å². The Morgan fingerprint density at radius 1 is 1.53 bits per heavy atom. The summed E-state index contributed by atoms with van der Waals surface area (Å²) in [5.41, 5.74) is 6.21. The number of hydrogen-bond donors (Lipinski definition) is 2. The SMILES string of the molecule is CC(=N)/C(=C(/C)N)c1nc(Cl)ncc1F. The average molecular weight is 229 g/mol. The van der Waals surface area contributed by atoms with Crippen LogP contribution in [-0.2, 0) is 0 Å². The molecule has 80 valence electrons. The van der Waals surface area contributed by atoms with Crippen LogP contribution in [0.5, 0.6) is 0 Å². The van der Waals surface area contributed by atoms with E-state index in [-0.39, 0.29) is 22.3 Å². The van der Waals surface area contributed by atoms with Gasteiger partial charge in [-0.2, -0.15) is 0 Å². The van der Waals surface area contributed by atoms with Gasteiger partial charge in [-0.05, 0) is 25.4 Å². The van der Waals surface area contributed by atoms with Gasteiger partial charge in [0.2, 0.25) is 5.28 Å². The highest BCUT2D eigenvalue weighted by Crippen LogP contribution is 2.19. The van der Waals surface area contributed by atoms with Crippen LogP contribution in [0.25, 0.3) is 5.57 Å². The smallest absolute Gasteiger partial charge is 0.223 e. The molecular weight excluding hydrogens is 219 g/mol. The van der Waals surface area contributed by atoms with Crippen molar-refractivity contribution in [2.75, 3.05) is 0 Å². The standard InChI is InChI=1S/C9H10ClFN4/c1-4(12)7(5(2)13)8-6(11)3-14-9(10)15-8/h3,12H,13H2,1-2H3/b7-5+,12-4?. The summed E-state index contributed by atoms with van der Waals surface area (Å²) in [5, 5.41) is 7.40. The van der Waals surface area contributed by atoms with Gasteiger partial charge in [-0.3, -0.25) is 0 Å². The summed E-state index contributed by atoms with van der Waals surface area (Å²) in [6, 6.07) is 0. The first-order chi connectivity index (χ1) is 6.93. The number of halogens is 2. The lowest BCUT2D eigenvalue weighted by atomic mass is 10.1. The molecule has 1 aromatic rings. The molecule has 0 spiro atoms. The van der Waals surface area contributed by atoms with Crippen LogP contribution in [0.4, 0.5) is 4.39 Å². The van der Waals surface area contributed by atoms with E-state index in [1.54, 1.807) is 6.92 Å². The van der Waals surface area contributed by atoms with Gasteiger partial charge in [0, 0.05) is 17.0 Å². The number of nitrogens with zero attached hydrogens (tertiary/aromatic N) is 2. The molecule has 0 atom stereocenters. The van der Waals surface area contributed by atoms with Crippen LogP contribution < -0.4 is 5.73 Å². The van der Waals surface area contributed by atoms with Crippen molar-refractivity contribution in [1.82, 2.24) is 9.97 Å². The maximum Gasteiger partial charge on any atom is 0.223 e. The number of aromatic nitrogens is 2. The fraction of sp³-hybridized carbons (Fsp3) is 0.222. The summed E-state index contributed by atoms with van der Waals surface area (Å²) >= 11 is 5.55. The molecule has 0 saturated carbocycles. The molecule has 0 unspecified atom stereocenters. The van der Waals surface area contributed by atoms with Gasteiger partial charge in [0.1, 0.15) is 5.69 Å². The quantitative estimate of drug-likeness (QED) is 0.601. The minimum Gasteiger partial charge on any atom is -0.402 e. The van der Waals surface area contributed by atoms with E-state index >= 15 is 0 Å². The molecule has 0 amide bonds. The van der Waals surface area contributed by atoms with Crippen molar-refractivity contribution in [3.63, 3.8) is 0 Å². The third kappa shape index (κ3) is 2.50. The molecule has 6 heteroatoms. The minimum absolute atomic E-state index is 0.0394. The Kier molecular flexibility index (Phi) is 3.36. The summed E-state index contributed by atoms with van der Waals surface area (Å²) in [6.07, 6.45) is 0.955. The molecule has 0 aliphatic heterocycles. The number of rotatable bonds is 2. The predicted molar refractivity (Wildman–Crippen MR) is 57.2 cm³/mol. The van der Waals surface area contributed by atoms with Crippen molar-refractivity contribution < 1.29 is 4.39 Å². The molecule has 0 fully saturated rings. The molecule has 0 bridgehead atoms. The summed E-state index contributed by atoms with van der Waals surface area (Å²) < 4.78 is 13.4. The molecule has 1 rings (SSSR count). The van der Waals surface area contributed by atoms with Gasteiger partial charge in [0.15, 0.2) is 5.82 Å². The topological polar surface area (TPSA) is 75.7 Å². The lowest BCUT2D eigenvalue weighted by Crippen LogP contribution is -2.08. The van der Waals surface area contributed by atoms with Gasteiger partial charge in [0.05, 0.1) is 6.20 Å². The summed E-state index contributed by atoms with van der Waals surface area (Å²) in [7, 11) is 0. The molecule has 0 aliphatic rings. The van der Waals surface area contributed by atoms with Crippen LogP contribution >= 0.6 is 11.6 Å². The summed E-state index contributed by atoms with van der Waals surface area (Å²) in [5.74, 6) is -0.647. The fourth-order valence-electron chi connectivity index (χ4n) is 1.18. The largest absolute Gasteiger partial charge is 0.402 e. The van der Waals surface area contributed by atoms with Gasteiger partial charge in [-0.15, -0.1) is 0 Å². The fourth-order valence-corrected chi connectivity index (χ4v) is 1.31. The van der Waals surface area contributed by atoms with E-state index in [1.807, 2.05) is 0 Å². The zero-order valence-electron chi connectivity index (χ0n) is 8.31. The summed E-state index contributed by atoms with van der Waals surface area (Å²) in [6.45, 7) is 3.07. The molecule has 0 aliphatic carbocycles. The van der Waals surface area contributed by atoms with Crippen LogP contribution in [0, 0.1) is 11.2 Å². The van der Waals surface area contributed by atoms with Crippen LogP contribution in [0.3, 0.4) is 0 Å². The third-order valence-electron chi connectivity index (χ3n) is 1.72.